The van der Waals surface area contributed by atoms with E-state index in [1.807, 2.05) is 36.4 Å². The van der Waals surface area contributed by atoms with Crippen LogP contribution in [0.2, 0.25) is 0 Å². The average molecular weight is 419 g/mol. The van der Waals surface area contributed by atoms with E-state index in [9.17, 15) is 14.4 Å². The van der Waals surface area contributed by atoms with Crippen molar-refractivity contribution >= 4 is 28.4 Å². The van der Waals surface area contributed by atoms with E-state index in [2.05, 4.69) is 9.97 Å². The lowest BCUT2D eigenvalue weighted by molar-refractivity contribution is -0.134. The van der Waals surface area contributed by atoms with Gasteiger partial charge in [-0.15, -0.1) is 0 Å². The summed E-state index contributed by atoms with van der Waals surface area (Å²) in [6.45, 7) is 0. The molecular weight excluding hydrogens is 402 g/mol. The molecular formula is C22H17N3O6. The highest BCUT2D eigenvalue weighted by Crippen LogP contribution is 2.24. The standard InChI is InChI=1S/C18H13N3O2.C4H4O4/c1-23-14-3-2-12-6-9-21-17(22)11-16(13-4-7-19-8-5-13)20-18(21)15(12)10-14;5-3(6)1-2-4(7)8/h2-11H,1H3;1-2H,(H,5,6)(H,7,8). The monoisotopic (exact) mass is 419 g/mol. The number of aromatic nitrogens is 3. The van der Waals surface area contributed by atoms with Gasteiger partial charge in [0.2, 0.25) is 0 Å². The van der Waals surface area contributed by atoms with Gasteiger partial charge >= 0.3 is 11.9 Å². The fourth-order valence-corrected chi connectivity index (χ4v) is 2.79. The number of benzene rings is 1. The summed E-state index contributed by atoms with van der Waals surface area (Å²) in [4.78, 5) is 40.2. The van der Waals surface area contributed by atoms with Crippen LogP contribution in [0.15, 0.2) is 78.0 Å². The van der Waals surface area contributed by atoms with Gasteiger partial charge in [-0.25, -0.2) is 14.6 Å². The highest BCUT2D eigenvalue weighted by molar-refractivity contribution is 5.95. The number of fused-ring (bicyclic) bond motifs is 3. The smallest absolute Gasteiger partial charge is 0.328 e. The second-order valence-corrected chi connectivity index (χ2v) is 6.19. The number of hydrogen-bond acceptors (Lipinski definition) is 6. The van der Waals surface area contributed by atoms with Gasteiger partial charge in [-0.3, -0.25) is 14.2 Å². The number of rotatable bonds is 4. The Labute approximate surface area is 175 Å². The van der Waals surface area contributed by atoms with E-state index in [4.69, 9.17) is 14.9 Å². The van der Waals surface area contributed by atoms with E-state index in [1.54, 1.807) is 30.1 Å². The molecule has 0 saturated heterocycles. The lowest BCUT2D eigenvalue weighted by Gasteiger charge is -2.08. The minimum absolute atomic E-state index is 0.119. The quantitative estimate of drug-likeness (QED) is 0.381. The first-order valence-corrected chi connectivity index (χ1v) is 8.93. The van der Waals surface area contributed by atoms with E-state index in [1.165, 1.54) is 6.07 Å². The number of nitrogens with zero attached hydrogens (tertiary/aromatic N) is 3. The summed E-state index contributed by atoms with van der Waals surface area (Å²) < 4.78 is 6.84. The molecule has 0 unspecified atom stereocenters. The summed E-state index contributed by atoms with van der Waals surface area (Å²) in [7, 11) is 1.62. The number of methoxy groups -OCH3 is 1. The van der Waals surface area contributed by atoms with Crippen LogP contribution in [0.1, 0.15) is 0 Å². The van der Waals surface area contributed by atoms with Gasteiger partial charge in [0.15, 0.2) is 0 Å². The molecule has 3 heterocycles. The van der Waals surface area contributed by atoms with Crippen LogP contribution in [-0.2, 0) is 9.59 Å². The van der Waals surface area contributed by atoms with Crippen molar-refractivity contribution in [2.45, 2.75) is 0 Å². The zero-order chi connectivity index (χ0) is 22.4. The van der Waals surface area contributed by atoms with Crippen LogP contribution in [0.5, 0.6) is 5.75 Å². The van der Waals surface area contributed by atoms with E-state index in [0.717, 1.165) is 22.1 Å². The molecule has 0 aliphatic heterocycles. The van der Waals surface area contributed by atoms with Crippen molar-refractivity contribution in [3.05, 3.63) is 83.6 Å². The number of carbonyl (C=O) groups is 2. The van der Waals surface area contributed by atoms with Crippen molar-refractivity contribution in [3.8, 4) is 17.0 Å². The lowest BCUT2D eigenvalue weighted by Crippen LogP contribution is -2.14. The maximum atomic E-state index is 12.4. The summed E-state index contributed by atoms with van der Waals surface area (Å²) in [6.07, 6.45) is 6.23. The van der Waals surface area contributed by atoms with E-state index < -0.39 is 11.9 Å². The summed E-state index contributed by atoms with van der Waals surface area (Å²) in [5.41, 5.74) is 1.99. The maximum absolute atomic E-state index is 12.4. The fourth-order valence-electron chi connectivity index (χ4n) is 2.79. The van der Waals surface area contributed by atoms with Crippen molar-refractivity contribution in [3.63, 3.8) is 0 Å². The van der Waals surface area contributed by atoms with Crippen LogP contribution in [0.4, 0.5) is 0 Å². The minimum atomic E-state index is -1.26. The molecule has 0 radical (unpaired) electrons. The first-order valence-electron chi connectivity index (χ1n) is 8.93. The molecule has 0 fully saturated rings. The number of hydrogen-bond donors (Lipinski definition) is 2. The molecule has 156 valence electrons. The number of aliphatic carboxylic acids is 2. The molecule has 9 heteroatoms. The zero-order valence-corrected chi connectivity index (χ0v) is 16.3. The Hall–Kier alpha value is -4.53. The molecule has 0 saturated carbocycles. The second-order valence-electron chi connectivity index (χ2n) is 6.19. The van der Waals surface area contributed by atoms with E-state index >= 15 is 0 Å². The minimum Gasteiger partial charge on any atom is -0.497 e. The Morgan fingerprint density at radius 3 is 2.29 bits per heavy atom. The first-order chi connectivity index (χ1) is 14.9. The normalized spacial score (nSPS) is 10.6. The molecule has 0 amide bonds. The molecule has 1 aromatic carbocycles. The SMILES string of the molecule is COc1ccc2ccn3c(=O)cc(-c4ccncc4)nc3c2c1.O=C(O)C=CC(=O)O. The van der Waals surface area contributed by atoms with Crippen molar-refractivity contribution in [1.29, 1.82) is 0 Å². The van der Waals surface area contributed by atoms with Crippen LogP contribution in [0.3, 0.4) is 0 Å². The van der Waals surface area contributed by atoms with Gasteiger partial charge in [0.05, 0.1) is 12.8 Å². The molecule has 4 aromatic rings. The third kappa shape index (κ3) is 5.10. The Bertz CT molecular complexity index is 1330. The van der Waals surface area contributed by atoms with Crippen LogP contribution >= 0.6 is 0 Å². The van der Waals surface area contributed by atoms with Crippen LogP contribution in [0, 0.1) is 0 Å². The Morgan fingerprint density at radius 2 is 1.68 bits per heavy atom. The van der Waals surface area contributed by atoms with Gasteiger partial charge in [-0.05, 0) is 35.7 Å². The Morgan fingerprint density at radius 1 is 1.00 bits per heavy atom. The van der Waals surface area contributed by atoms with Crippen molar-refractivity contribution in [2.24, 2.45) is 0 Å². The number of carboxylic acids is 2. The van der Waals surface area contributed by atoms with E-state index in [-0.39, 0.29) is 5.56 Å². The van der Waals surface area contributed by atoms with Gasteiger partial charge < -0.3 is 14.9 Å². The maximum Gasteiger partial charge on any atom is 0.328 e. The predicted octanol–water partition coefficient (Wildman–Crippen LogP) is 2.63. The van der Waals surface area contributed by atoms with Crippen molar-refractivity contribution in [2.75, 3.05) is 7.11 Å². The van der Waals surface area contributed by atoms with Crippen molar-refractivity contribution < 1.29 is 24.5 Å². The van der Waals surface area contributed by atoms with Gasteiger partial charge in [0, 0.05) is 47.8 Å². The summed E-state index contributed by atoms with van der Waals surface area (Å²) in [6, 6.07) is 12.9. The Balaban J connectivity index is 0.000000293. The van der Waals surface area contributed by atoms with Gasteiger partial charge in [-0.1, -0.05) is 6.07 Å². The van der Waals surface area contributed by atoms with Crippen molar-refractivity contribution in [1.82, 2.24) is 14.4 Å². The summed E-state index contributed by atoms with van der Waals surface area (Å²) >= 11 is 0. The van der Waals surface area contributed by atoms with Gasteiger partial charge in [0.1, 0.15) is 11.4 Å². The molecule has 2 N–H and O–H groups in total. The molecule has 0 spiro atoms. The highest BCUT2D eigenvalue weighted by atomic mass is 16.5. The Kier molecular flexibility index (Phi) is 6.36. The largest absolute Gasteiger partial charge is 0.497 e. The predicted molar refractivity (Wildman–Crippen MR) is 113 cm³/mol. The number of pyridine rings is 2. The topological polar surface area (TPSA) is 131 Å². The van der Waals surface area contributed by atoms with Gasteiger partial charge in [-0.2, -0.15) is 0 Å². The number of carboxylic acid groups (broad SMARTS) is 2. The highest BCUT2D eigenvalue weighted by Gasteiger charge is 2.08. The first kappa shape index (κ1) is 21.2. The molecule has 3 aromatic heterocycles. The average Bonchev–Trinajstić information content (AvgIpc) is 2.78. The lowest BCUT2D eigenvalue weighted by atomic mass is 10.1. The van der Waals surface area contributed by atoms with Crippen LogP contribution < -0.4 is 10.3 Å². The molecule has 31 heavy (non-hydrogen) atoms. The molecule has 9 nitrogen and oxygen atoms in total. The third-order valence-electron chi connectivity index (χ3n) is 4.20. The fraction of sp³-hybridized carbons (Fsp3) is 0.0455. The van der Waals surface area contributed by atoms with Crippen LogP contribution in [-0.4, -0.2) is 43.6 Å². The second kappa shape index (κ2) is 9.31. The summed E-state index contributed by atoms with van der Waals surface area (Å²) in [5.74, 6) is -1.78. The summed E-state index contributed by atoms with van der Waals surface area (Å²) in [5, 5.41) is 17.5. The van der Waals surface area contributed by atoms with E-state index in [0.29, 0.717) is 23.5 Å². The number of ether oxygens (including phenoxy) is 1. The molecule has 0 aliphatic carbocycles. The molecule has 0 bridgehead atoms. The molecule has 0 aliphatic rings. The zero-order valence-electron chi connectivity index (χ0n) is 16.3. The third-order valence-corrected chi connectivity index (χ3v) is 4.20. The van der Waals surface area contributed by atoms with Gasteiger partial charge in [0.25, 0.3) is 5.56 Å². The molecule has 0 atom stereocenters. The molecule has 4 rings (SSSR count). The van der Waals surface area contributed by atoms with Crippen LogP contribution in [0.25, 0.3) is 27.7 Å².